The minimum atomic E-state index is -0.981. The fraction of sp³-hybridized carbons (Fsp3) is 0.222. The van der Waals surface area contributed by atoms with Crippen LogP contribution < -0.4 is 10.2 Å². The molecule has 0 bridgehead atoms. The van der Waals surface area contributed by atoms with Crippen molar-refractivity contribution in [3.63, 3.8) is 0 Å². The lowest BCUT2D eigenvalue weighted by Gasteiger charge is -2.15. The fourth-order valence-electron chi connectivity index (χ4n) is 1.97. The standard InChI is InChI=1S/C18H19FN2O3/c1-12(17(22)20-15-9-7-14(19)8-10-15)24-18(23)13-5-4-6-16(11-13)21(2)3/h4-12H,1-3H3,(H,20,22)/t12-/m0/s1. The molecule has 2 aromatic rings. The lowest BCUT2D eigenvalue weighted by molar-refractivity contribution is -0.123. The molecule has 0 fully saturated rings. The molecule has 1 atom stereocenters. The zero-order chi connectivity index (χ0) is 17.7. The van der Waals surface area contributed by atoms with Gasteiger partial charge in [0.05, 0.1) is 5.56 Å². The summed E-state index contributed by atoms with van der Waals surface area (Å²) >= 11 is 0. The van der Waals surface area contributed by atoms with E-state index in [-0.39, 0.29) is 0 Å². The van der Waals surface area contributed by atoms with Crippen LogP contribution in [0, 0.1) is 5.82 Å². The molecule has 2 aromatic carbocycles. The highest BCUT2D eigenvalue weighted by Gasteiger charge is 2.19. The highest BCUT2D eigenvalue weighted by molar-refractivity contribution is 5.97. The summed E-state index contributed by atoms with van der Waals surface area (Å²) in [5.41, 5.74) is 1.65. The zero-order valence-corrected chi connectivity index (χ0v) is 13.7. The lowest BCUT2D eigenvalue weighted by Crippen LogP contribution is -2.30. The summed E-state index contributed by atoms with van der Waals surface area (Å²) in [7, 11) is 3.73. The Labute approximate surface area is 140 Å². The Hall–Kier alpha value is -2.89. The molecule has 126 valence electrons. The molecule has 0 spiro atoms. The highest BCUT2D eigenvalue weighted by Crippen LogP contribution is 2.15. The van der Waals surface area contributed by atoms with Gasteiger partial charge in [-0.15, -0.1) is 0 Å². The van der Waals surface area contributed by atoms with Crippen LogP contribution in [0.25, 0.3) is 0 Å². The minimum Gasteiger partial charge on any atom is -0.449 e. The molecule has 0 radical (unpaired) electrons. The van der Waals surface area contributed by atoms with Crippen LogP contribution in [0.2, 0.25) is 0 Å². The molecule has 5 nitrogen and oxygen atoms in total. The Morgan fingerprint density at radius 2 is 1.79 bits per heavy atom. The molecule has 2 rings (SSSR count). The third-order valence-corrected chi connectivity index (χ3v) is 3.36. The van der Waals surface area contributed by atoms with Crippen molar-refractivity contribution in [1.29, 1.82) is 0 Å². The maximum Gasteiger partial charge on any atom is 0.338 e. The molecule has 1 amide bonds. The first-order valence-electron chi connectivity index (χ1n) is 7.41. The van der Waals surface area contributed by atoms with Crippen molar-refractivity contribution in [2.75, 3.05) is 24.3 Å². The summed E-state index contributed by atoms with van der Waals surface area (Å²) in [6.45, 7) is 1.48. The first kappa shape index (κ1) is 17.5. The van der Waals surface area contributed by atoms with E-state index < -0.39 is 23.8 Å². The average molecular weight is 330 g/mol. The van der Waals surface area contributed by atoms with E-state index in [4.69, 9.17) is 4.74 Å². The number of hydrogen-bond donors (Lipinski definition) is 1. The molecule has 0 aliphatic rings. The van der Waals surface area contributed by atoms with Gasteiger partial charge in [-0.3, -0.25) is 4.79 Å². The number of anilines is 2. The first-order chi connectivity index (χ1) is 11.4. The first-order valence-corrected chi connectivity index (χ1v) is 7.41. The number of hydrogen-bond acceptors (Lipinski definition) is 4. The molecule has 1 N–H and O–H groups in total. The molecule has 0 aromatic heterocycles. The maximum absolute atomic E-state index is 12.8. The molecular formula is C18H19FN2O3. The van der Waals surface area contributed by atoms with Gasteiger partial charge in [0, 0.05) is 25.5 Å². The SMILES string of the molecule is C[C@H](OC(=O)c1cccc(N(C)C)c1)C(=O)Nc1ccc(F)cc1. The summed E-state index contributed by atoms with van der Waals surface area (Å²) in [6.07, 6.45) is -0.981. The topological polar surface area (TPSA) is 58.6 Å². The number of rotatable bonds is 5. The van der Waals surface area contributed by atoms with Gasteiger partial charge >= 0.3 is 5.97 Å². The van der Waals surface area contributed by atoms with E-state index in [1.165, 1.54) is 31.2 Å². The van der Waals surface area contributed by atoms with Gasteiger partial charge in [0.2, 0.25) is 0 Å². The fourth-order valence-corrected chi connectivity index (χ4v) is 1.97. The van der Waals surface area contributed by atoms with Gasteiger partial charge in [-0.1, -0.05) is 6.07 Å². The third-order valence-electron chi connectivity index (χ3n) is 3.36. The molecule has 0 saturated heterocycles. The number of halogens is 1. The molecule has 0 aliphatic carbocycles. The smallest absolute Gasteiger partial charge is 0.338 e. The van der Waals surface area contributed by atoms with E-state index in [9.17, 15) is 14.0 Å². The van der Waals surface area contributed by atoms with Crippen molar-refractivity contribution in [1.82, 2.24) is 0 Å². The van der Waals surface area contributed by atoms with Gasteiger partial charge in [0.1, 0.15) is 5.82 Å². The predicted molar refractivity (Wildman–Crippen MR) is 90.7 cm³/mol. The van der Waals surface area contributed by atoms with Crippen molar-refractivity contribution < 1.29 is 18.7 Å². The van der Waals surface area contributed by atoms with Crippen LogP contribution in [0.1, 0.15) is 17.3 Å². The van der Waals surface area contributed by atoms with E-state index in [1.54, 1.807) is 18.2 Å². The van der Waals surface area contributed by atoms with E-state index in [2.05, 4.69) is 5.32 Å². The Morgan fingerprint density at radius 1 is 1.12 bits per heavy atom. The zero-order valence-electron chi connectivity index (χ0n) is 13.7. The van der Waals surface area contributed by atoms with Gasteiger partial charge in [0.15, 0.2) is 6.10 Å². The average Bonchev–Trinajstić information content (AvgIpc) is 2.56. The normalized spacial score (nSPS) is 11.5. The van der Waals surface area contributed by atoms with Gasteiger partial charge in [-0.05, 0) is 49.4 Å². The predicted octanol–water partition coefficient (Wildman–Crippen LogP) is 3.08. The maximum atomic E-state index is 12.8. The molecular weight excluding hydrogens is 311 g/mol. The molecule has 6 heteroatoms. The van der Waals surface area contributed by atoms with E-state index >= 15 is 0 Å². The second-order valence-corrected chi connectivity index (χ2v) is 5.49. The van der Waals surface area contributed by atoms with Crippen molar-refractivity contribution in [3.8, 4) is 0 Å². The van der Waals surface area contributed by atoms with Crippen molar-refractivity contribution >= 4 is 23.3 Å². The van der Waals surface area contributed by atoms with Gasteiger partial charge < -0.3 is 15.0 Å². The van der Waals surface area contributed by atoms with Crippen molar-refractivity contribution in [3.05, 3.63) is 59.9 Å². The number of amides is 1. The van der Waals surface area contributed by atoms with Crippen LogP contribution in [0.5, 0.6) is 0 Å². The number of carbonyl (C=O) groups is 2. The van der Waals surface area contributed by atoms with Crippen molar-refractivity contribution in [2.24, 2.45) is 0 Å². The second-order valence-electron chi connectivity index (χ2n) is 5.49. The van der Waals surface area contributed by atoms with Gasteiger partial charge in [-0.25, -0.2) is 9.18 Å². The molecule has 0 aliphatic heterocycles. The third kappa shape index (κ3) is 4.55. The summed E-state index contributed by atoms with van der Waals surface area (Å²) in [5, 5.41) is 2.56. The number of ether oxygens (including phenoxy) is 1. The molecule has 0 heterocycles. The lowest BCUT2D eigenvalue weighted by atomic mass is 10.2. The molecule has 0 saturated carbocycles. The van der Waals surface area contributed by atoms with Crippen LogP contribution in [-0.4, -0.2) is 32.1 Å². The van der Waals surface area contributed by atoms with Crippen LogP contribution in [0.3, 0.4) is 0 Å². The monoisotopic (exact) mass is 330 g/mol. The summed E-state index contributed by atoms with van der Waals surface area (Å²) < 4.78 is 18.0. The van der Waals surface area contributed by atoms with E-state index in [1.807, 2.05) is 25.1 Å². The van der Waals surface area contributed by atoms with Gasteiger partial charge in [0.25, 0.3) is 5.91 Å². The summed E-state index contributed by atoms with van der Waals surface area (Å²) in [4.78, 5) is 26.1. The Bertz CT molecular complexity index is 729. The largest absolute Gasteiger partial charge is 0.449 e. The van der Waals surface area contributed by atoms with Crippen molar-refractivity contribution in [2.45, 2.75) is 13.0 Å². The van der Waals surface area contributed by atoms with Crippen LogP contribution in [0.4, 0.5) is 15.8 Å². The van der Waals surface area contributed by atoms with Crippen LogP contribution in [0.15, 0.2) is 48.5 Å². The van der Waals surface area contributed by atoms with Gasteiger partial charge in [-0.2, -0.15) is 0 Å². The van der Waals surface area contributed by atoms with Crippen LogP contribution >= 0.6 is 0 Å². The molecule has 24 heavy (non-hydrogen) atoms. The van der Waals surface area contributed by atoms with E-state index in [0.29, 0.717) is 11.3 Å². The quantitative estimate of drug-likeness (QED) is 0.856. The Balaban J connectivity index is 1.99. The van der Waals surface area contributed by atoms with Crippen LogP contribution in [-0.2, 0) is 9.53 Å². The second kappa shape index (κ2) is 7.59. The number of carbonyl (C=O) groups excluding carboxylic acids is 2. The number of nitrogens with one attached hydrogen (secondary N) is 1. The minimum absolute atomic E-state index is 0.364. The highest BCUT2D eigenvalue weighted by atomic mass is 19.1. The Morgan fingerprint density at radius 3 is 2.42 bits per heavy atom. The summed E-state index contributed by atoms with van der Waals surface area (Å²) in [6, 6.07) is 12.3. The van der Waals surface area contributed by atoms with E-state index in [0.717, 1.165) is 5.69 Å². The number of benzene rings is 2. The number of nitrogens with zero attached hydrogens (tertiary/aromatic N) is 1. The number of esters is 1. The summed E-state index contributed by atoms with van der Waals surface area (Å²) in [5.74, 6) is -1.47. The molecule has 0 unspecified atom stereocenters. The Kier molecular flexibility index (Phi) is 5.52.